The van der Waals surface area contributed by atoms with Crippen molar-refractivity contribution in [2.45, 2.75) is 19.8 Å². The van der Waals surface area contributed by atoms with Crippen LogP contribution in [-0.4, -0.2) is 47.2 Å². The van der Waals surface area contributed by atoms with Crippen molar-refractivity contribution >= 4 is 23.6 Å². The molecule has 1 atom stereocenters. The molecule has 0 spiro atoms. The number of Topliss-reactive ketones (excluding diaryl/α,β-unsaturated/α-hetero) is 1. The van der Waals surface area contributed by atoms with Crippen molar-refractivity contribution in [3.8, 4) is 0 Å². The van der Waals surface area contributed by atoms with E-state index in [0.29, 0.717) is 5.56 Å². The van der Waals surface area contributed by atoms with Crippen LogP contribution in [0.4, 0.5) is 0 Å². The smallest absolute Gasteiger partial charge is 0.361 e. The molecule has 34 heavy (non-hydrogen) atoms. The summed E-state index contributed by atoms with van der Waals surface area (Å²) in [4.78, 5) is 50.3. The molecule has 1 amide bonds. The van der Waals surface area contributed by atoms with E-state index >= 15 is 0 Å². The number of benzene rings is 1. The summed E-state index contributed by atoms with van der Waals surface area (Å²) in [5, 5.41) is 9.98. The van der Waals surface area contributed by atoms with Gasteiger partial charge in [-0.25, -0.2) is 9.59 Å². The number of hydrogen-bond donors (Lipinski definition) is 1. The molecule has 11 heteroatoms. The molecule has 174 valence electrons. The van der Waals surface area contributed by atoms with Crippen LogP contribution in [-0.2, 0) is 9.47 Å². The van der Waals surface area contributed by atoms with E-state index in [1.54, 1.807) is 44.2 Å². The Morgan fingerprint density at radius 1 is 1.00 bits per heavy atom. The lowest BCUT2D eigenvalue weighted by Gasteiger charge is -2.18. The third-order valence-corrected chi connectivity index (χ3v) is 4.88. The van der Waals surface area contributed by atoms with Gasteiger partial charge in [0.25, 0.3) is 5.91 Å². The second kappa shape index (κ2) is 9.53. The van der Waals surface area contributed by atoms with E-state index in [4.69, 9.17) is 18.5 Å². The Balaban J connectivity index is 1.76. The average molecular weight is 465 g/mol. The number of fused-ring (bicyclic) bond motifs is 1. The number of ether oxygens (including phenoxy) is 2. The van der Waals surface area contributed by atoms with Gasteiger partial charge in [-0.2, -0.15) is 0 Å². The second-order valence-corrected chi connectivity index (χ2v) is 7.03. The lowest BCUT2D eigenvalue weighted by Crippen LogP contribution is -2.31. The van der Waals surface area contributed by atoms with Gasteiger partial charge in [0.2, 0.25) is 11.5 Å². The molecule has 0 aliphatic heterocycles. The first kappa shape index (κ1) is 22.6. The minimum Gasteiger partial charge on any atom is -0.461 e. The minimum atomic E-state index is -0.926. The molecule has 4 rings (SSSR count). The molecule has 2 aromatic heterocycles. The van der Waals surface area contributed by atoms with E-state index in [2.05, 4.69) is 15.6 Å². The van der Waals surface area contributed by atoms with Crippen LogP contribution in [0.1, 0.15) is 73.0 Å². The summed E-state index contributed by atoms with van der Waals surface area (Å²) in [6.07, 6.45) is 1.38. The number of carbonyl (C=O) groups is 4. The van der Waals surface area contributed by atoms with Crippen molar-refractivity contribution in [2.75, 3.05) is 13.2 Å². The van der Waals surface area contributed by atoms with Gasteiger partial charge in [0.15, 0.2) is 17.2 Å². The molecule has 11 nitrogen and oxygen atoms in total. The Bertz CT molecular complexity index is 1290. The van der Waals surface area contributed by atoms with Gasteiger partial charge in [0.05, 0.1) is 18.9 Å². The number of nitrogens with zero attached hydrogens (tertiary/aromatic N) is 2. The van der Waals surface area contributed by atoms with Gasteiger partial charge >= 0.3 is 11.9 Å². The normalized spacial score (nSPS) is 14.7. The first-order valence-electron chi connectivity index (χ1n) is 10.4. The van der Waals surface area contributed by atoms with Crippen LogP contribution in [0.2, 0.25) is 0 Å². The van der Waals surface area contributed by atoms with Crippen molar-refractivity contribution < 1.29 is 37.7 Å². The third-order valence-electron chi connectivity index (χ3n) is 4.88. The summed E-state index contributed by atoms with van der Waals surface area (Å²) >= 11 is 0. The zero-order valence-electron chi connectivity index (χ0n) is 18.2. The van der Waals surface area contributed by atoms with Gasteiger partial charge in [-0.1, -0.05) is 28.5 Å². The fraction of sp³-hybridized carbons (Fsp3) is 0.217. The van der Waals surface area contributed by atoms with Crippen molar-refractivity contribution in [1.82, 2.24) is 15.6 Å². The Labute approximate surface area is 192 Å². The zero-order chi connectivity index (χ0) is 24.2. The Morgan fingerprint density at radius 3 is 2.41 bits per heavy atom. The maximum absolute atomic E-state index is 13.2. The Hall–Kier alpha value is -4.54. The summed E-state index contributed by atoms with van der Waals surface area (Å²) in [6.45, 7) is 3.44. The lowest BCUT2D eigenvalue weighted by molar-refractivity contribution is 0.0504. The Kier molecular flexibility index (Phi) is 6.35. The first-order chi connectivity index (χ1) is 16.4. The third kappa shape index (κ3) is 4.22. The highest BCUT2D eigenvalue weighted by molar-refractivity contribution is 6.17. The second-order valence-electron chi connectivity index (χ2n) is 7.03. The average Bonchev–Trinajstić information content (AvgIpc) is 3.50. The molecule has 0 bridgehead atoms. The van der Waals surface area contributed by atoms with Crippen molar-refractivity contribution in [3.63, 3.8) is 0 Å². The summed E-state index contributed by atoms with van der Waals surface area (Å²) in [5.74, 6) is -3.63. The predicted molar refractivity (Wildman–Crippen MR) is 113 cm³/mol. The fourth-order valence-electron chi connectivity index (χ4n) is 3.36. The largest absolute Gasteiger partial charge is 0.461 e. The van der Waals surface area contributed by atoms with Crippen LogP contribution < -0.4 is 5.32 Å². The minimum absolute atomic E-state index is 0.0164. The number of esters is 2. The molecule has 0 radical (unpaired) electrons. The maximum Gasteiger partial charge on any atom is 0.361 e. The molecule has 1 aliphatic carbocycles. The number of nitrogens with one attached hydrogen (secondary N) is 1. The molecule has 0 saturated heterocycles. The summed E-state index contributed by atoms with van der Waals surface area (Å²) in [5.41, 5.74) is -0.420. The van der Waals surface area contributed by atoms with Gasteiger partial charge in [0, 0.05) is 11.6 Å². The van der Waals surface area contributed by atoms with Crippen LogP contribution in [0.3, 0.4) is 0 Å². The molecule has 1 aliphatic rings. The van der Waals surface area contributed by atoms with E-state index in [9.17, 15) is 19.2 Å². The van der Waals surface area contributed by atoms with E-state index < -0.39 is 29.5 Å². The quantitative estimate of drug-likeness (QED) is 0.516. The van der Waals surface area contributed by atoms with Crippen LogP contribution in [0.25, 0.3) is 0 Å². The van der Waals surface area contributed by atoms with Gasteiger partial charge in [-0.15, -0.1) is 0 Å². The standard InChI is InChI=1S/C23H19N3O8/c1-3-31-22(29)15-11-16(33-25-15)13-10-14(24-21(28)12-8-6-5-7-9-12)19(27)17-18(23(30)32-4-2)26-34-20(13)17/h5-11,13H,3-4H2,1-2H3,(H,24,28). The molecule has 3 aromatic rings. The van der Waals surface area contributed by atoms with E-state index in [-0.39, 0.29) is 47.4 Å². The highest BCUT2D eigenvalue weighted by atomic mass is 16.5. The summed E-state index contributed by atoms with van der Waals surface area (Å²) in [6, 6.07) is 9.59. The van der Waals surface area contributed by atoms with E-state index in [1.807, 2.05) is 0 Å². The number of ketones is 1. The monoisotopic (exact) mass is 465 g/mol. The number of amides is 1. The molecular formula is C23H19N3O8. The van der Waals surface area contributed by atoms with Gasteiger partial charge in [0.1, 0.15) is 11.5 Å². The van der Waals surface area contributed by atoms with E-state index in [1.165, 1.54) is 12.1 Å². The number of hydrogen-bond acceptors (Lipinski definition) is 10. The topological polar surface area (TPSA) is 151 Å². The van der Waals surface area contributed by atoms with Gasteiger partial charge < -0.3 is 23.8 Å². The van der Waals surface area contributed by atoms with E-state index in [0.717, 1.165) is 0 Å². The molecular weight excluding hydrogens is 446 g/mol. The van der Waals surface area contributed by atoms with Gasteiger partial charge in [-0.3, -0.25) is 9.59 Å². The van der Waals surface area contributed by atoms with Gasteiger partial charge in [-0.05, 0) is 32.1 Å². The molecule has 1 N–H and O–H groups in total. The van der Waals surface area contributed by atoms with Crippen molar-refractivity contribution in [2.24, 2.45) is 0 Å². The molecule has 1 unspecified atom stereocenters. The summed E-state index contributed by atoms with van der Waals surface area (Å²) < 4.78 is 20.5. The zero-order valence-corrected chi connectivity index (χ0v) is 18.2. The maximum atomic E-state index is 13.2. The SMILES string of the molecule is CCOC(=O)c1cc(C2C=C(NC(=O)c3ccccc3)C(=O)c3c(C(=O)OCC)noc32)on1. The summed E-state index contributed by atoms with van der Waals surface area (Å²) in [7, 11) is 0. The van der Waals surface area contributed by atoms with Crippen LogP contribution in [0.5, 0.6) is 0 Å². The van der Waals surface area contributed by atoms with Crippen LogP contribution in [0.15, 0.2) is 57.2 Å². The molecule has 0 saturated carbocycles. The van der Waals surface area contributed by atoms with Crippen LogP contribution >= 0.6 is 0 Å². The number of rotatable bonds is 7. The predicted octanol–water partition coefficient (Wildman–Crippen LogP) is 2.66. The van der Waals surface area contributed by atoms with Crippen molar-refractivity contribution in [1.29, 1.82) is 0 Å². The highest BCUT2D eigenvalue weighted by Gasteiger charge is 2.40. The molecule has 0 fully saturated rings. The number of carbonyl (C=O) groups excluding carboxylic acids is 4. The lowest BCUT2D eigenvalue weighted by atomic mass is 9.88. The number of allylic oxidation sites excluding steroid dienone is 2. The van der Waals surface area contributed by atoms with Crippen LogP contribution in [0, 0.1) is 0 Å². The van der Waals surface area contributed by atoms with Crippen molar-refractivity contribution in [3.05, 3.63) is 82.2 Å². The molecule has 1 aromatic carbocycles. The molecule has 2 heterocycles. The number of aromatic nitrogens is 2. The Morgan fingerprint density at radius 2 is 1.71 bits per heavy atom. The first-order valence-corrected chi connectivity index (χ1v) is 10.4. The highest BCUT2D eigenvalue weighted by Crippen LogP contribution is 2.37. The fourth-order valence-corrected chi connectivity index (χ4v) is 3.36.